The molecule has 0 amide bonds. The monoisotopic (exact) mass is 554 g/mol. The van der Waals surface area contributed by atoms with Crippen LogP contribution in [-0.4, -0.2) is 77.0 Å². The largest absolute Gasteiger partial charge is 0.491 e. The molecule has 0 N–H and O–H groups in total. The molecule has 4 unspecified atom stereocenters. The normalized spacial score (nSPS) is 23.6. The van der Waals surface area contributed by atoms with Gasteiger partial charge in [-0.3, -0.25) is 0 Å². The van der Waals surface area contributed by atoms with Crippen LogP contribution in [0.25, 0.3) is 0 Å². The van der Waals surface area contributed by atoms with Crippen LogP contribution in [0.15, 0.2) is 36.4 Å². The smallest absolute Gasteiger partial charge is 0.146 e. The van der Waals surface area contributed by atoms with Crippen LogP contribution in [0.3, 0.4) is 0 Å². The minimum atomic E-state index is 0.224. The van der Waals surface area contributed by atoms with E-state index >= 15 is 0 Å². The zero-order valence-corrected chi connectivity index (χ0v) is 24.6. The summed E-state index contributed by atoms with van der Waals surface area (Å²) in [4.78, 5) is 4.95. The highest BCUT2D eigenvalue weighted by atomic mass is 16.6. The average molecular weight is 555 g/mol. The van der Waals surface area contributed by atoms with Crippen LogP contribution < -0.4 is 28.7 Å². The summed E-state index contributed by atoms with van der Waals surface area (Å²) < 4.78 is 35.2. The van der Waals surface area contributed by atoms with Crippen molar-refractivity contribution < 1.29 is 28.4 Å². The number of nitrogens with zero attached hydrogens (tertiary/aromatic N) is 2. The summed E-state index contributed by atoms with van der Waals surface area (Å²) in [6, 6.07) is 13.0. The zero-order chi connectivity index (χ0) is 27.9. The number of epoxide rings is 2. The van der Waals surface area contributed by atoms with Crippen molar-refractivity contribution in [3.05, 3.63) is 36.4 Å². The predicted molar refractivity (Wildman–Crippen MR) is 158 cm³/mol. The van der Waals surface area contributed by atoms with Gasteiger partial charge in [0.1, 0.15) is 48.4 Å². The fraction of sp³-hybridized carbons (Fsp3) is 0.625. The lowest BCUT2D eigenvalue weighted by molar-refractivity contribution is 0.259. The molecule has 5 rings (SSSR count). The number of anilines is 2. The first-order chi connectivity index (χ1) is 19.6. The Balaban J connectivity index is 1.32. The van der Waals surface area contributed by atoms with Crippen molar-refractivity contribution in [3.63, 3.8) is 0 Å². The Hall–Kier alpha value is -2.84. The van der Waals surface area contributed by atoms with Gasteiger partial charge in [0.15, 0.2) is 0 Å². The summed E-state index contributed by atoms with van der Waals surface area (Å²) in [6.07, 6.45) is 4.68. The van der Waals surface area contributed by atoms with Gasteiger partial charge in [0.25, 0.3) is 0 Å². The molecule has 2 aromatic rings. The number of piperazine rings is 1. The van der Waals surface area contributed by atoms with Crippen molar-refractivity contribution in [2.24, 2.45) is 0 Å². The molecule has 0 aromatic heterocycles. The third kappa shape index (κ3) is 7.67. The Bertz CT molecular complexity index is 1000. The van der Waals surface area contributed by atoms with Gasteiger partial charge in [0, 0.05) is 37.3 Å². The number of hydrogen-bond donors (Lipinski definition) is 0. The first-order valence-corrected chi connectivity index (χ1v) is 15.1. The molecule has 3 fully saturated rings. The second kappa shape index (κ2) is 13.7. The number of rotatable bonds is 16. The van der Waals surface area contributed by atoms with E-state index in [2.05, 4.69) is 61.8 Å². The van der Waals surface area contributed by atoms with Crippen molar-refractivity contribution in [1.82, 2.24) is 0 Å². The van der Waals surface area contributed by atoms with Gasteiger partial charge < -0.3 is 38.2 Å². The number of ether oxygens (including phenoxy) is 6. The maximum Gasteiger partial charge on any atom is 0.146 e. The van der Waals surface area contributed by atoms with Crippen LogP contribution in [0.2, 0.25) is 0 Å². The van der Waals surface area contributed by atoms with Crippen LogP contribution >= 0.6 is 0 Å². The van der Waals surface area contributed by atoms with Gasteiger partial charge in [-0.2, -0.15) is 0 Å². The van der Waals surface area contributed by atoms with E-state index < -0.39 is 0 Å². The van der Waals surface area contributed by atoms with Crippen LogP contribution in [-0.2, 0) is 9.47 Å². The number of benzene rings is 2. The molecule has 40 heavy (non-hydrogen) atoms. The lowest BCUT2D eigenvalue weighted by atomic mass is 10.0. The maximum absolute atomic E-state index is 6.31. The standard InChI is InChI=1S/C32H46N2O6/c1-5-7-13-35-31-15-25(37-19-27-21-39-27)9-11-29(31)33-17-24(4)34(18-23(33)3)30-12-10-26(38-20-28-22-40-28)16-32(30)36-14-8-6-2/h9-12,15-16,23-24,27-28H,5-8,13-14,17-22H2,1-4H3. The minimum absolute atomic E-state index is 0.224. The summed E-state index contributed by atoms with van der Waals surface area (Å²) in [5, 5.41) is 0. The van der Waals surface area contributed by atoms with Crippen molar-refractivity contribution in [3.8, 4) is 23.0 Å². The quantitative estimate of drug-likeness (QED) is 0.193. The highest BCUT2D eigenvalue weighted by molar-refractivity contribution is 5.66. The zero-order valence-electron chi connectivity index (χ0n) is 24.6. The third-order valence-corrected chi connectivity index (χ3v) is 7.65. The predicted octanol–water partition coefficient (Wildman–Crippen LogP) is 5.70. The fourth-order valence-corrected chi connectivity index (χ4v) is 5.03. The Morgan fingerprint density at radius 3 is 1.48 bits per heavy atom. The van der Waals surface area contributed by atoms with Crippen LogP contribution in [0.1, 0.15) is 53.4 Å². The summed E-state index contributed by atoms with van der Waals surface area (Å²) in [5.41, 5.74) is 2.24. The lowest BCUT2D eigenvalue weighted by Gasteiger charge is -2.47. The molecule has 8 heteroatoms. The molecular formula is C32H46N2O6. The minimum Gasteiger partial charge on any atom is -0.491 e. The molecule has 3 aliphatic rings. The van der Waals surface area contributed by atoms with Crippen molar-refractivity contribution in [2.45, 2.75) is 77.7 Å². The van der Waals surface area contributed by atoms with Gasteiger partial charge in [0.2, 0.25) is 0 Å². The highest BCUT2D eigenvalue weighted by Crippen LogP contribution is 2.39. The second-order valence-corrected chi connectivity index (χ2v) is 11.2. The van der Waals surface area contributed by atoms with E-state index in [-0.39, 0.29) is 24.3 Å². The second-order valence-electron chi connectivity index (χ2n) is 11.2. The molecule has 0 radical (unpaired) electrons. The molecule has 3 heterocycles. The van der Waals surface area contributed by atoms with Gasteiger partial charge in [-0.05, 0) is 51.0 Å². The van der Waals surface area contributed by atoms with E-state index in [1.165, 1.54) is 0 Å². The molecule has 8 nitrogen and oxygen atoms in total. The summed E-state index contributed by atoms with van der Waals surface area (Å²) >= 11 is 0. The Labute approximate surface area is 239 Å². The average Bonchev–Trinajstić information content (AvgIpc) is 3.88. The summed E-state index contributed by atoms with van der Waals surface area (Å²) in [6.45, 7) is 14.8. The molecule has 3 saturated heterocycles. The molecular weight excluding hydrogens is 508 g/mol. The van der Waals surface area contributed by atoms with E-state index in [0.29, 0.717) is 26.4 Å². The molecule has 0 aliphatic carbocycles. The highest BCUT2D eigenvalue weighted by Gasteiger charge is 2.33. The summed E-state index contributed by atoms with van der Waals surface area (Å²) in [7, 11) is 0. The van der Waals surface area contributed by atoms with Gasteiger partial charge in [-0.25, -0.2) is 0 Å². The maximum atomic E-state index is 6.31. The SMILES string of the molecule is CCCCOc1cc(OCC2CO2)ccc1N1CC(C)N(c2ccc(OCC3CO3)cc2OCCCC)CC1C. The van der Waals surface area contributed by atoms with Crippen LogP contribution in [0.5, 0.6) is 23.0 Å². The molecule has 220 valence electrons. The first-order valence-electron chi connectivity index (χ1n) is 15.1. The van der Waals surface area contributed by atoms with Crippen molar-refractivity contribution in [2.75, 3.05) is 62.5 Å². The molecule has 3 aliphatic heterocycles. The van der Waals surface area contributed by atoms with E-state index in [9.17, 15) is 0 Å². The van der Waals surface area contributed by atoms with Gasteiger partial charge in [0.05, 0.1) is 37.8 Å². The summed E-state index contributed by atoms with van der Waals surface area (Å²) in [5.74, 6) is 3.43. The van der Waals surface area contributed by atoms with E-state index in [1.54, 1.807) is 0 Å². The molecule has 2 aromatic carbocycles. The third-order valence-electron chi connectivity index (χ3n) is 7.65. The van der Waals surface area contributed by atoms with Crippen molar-refractivity contribution in [1.29, 1.82) is 0 Å². The van der Waals surface area contributed by atoms with Crippen molar-refractivity contribution >= 4 is 11.4 Å². The molecule has 4 atom stereocenters. The molecule has 0 bridgehead atoms. The number of unbranched alkanes of at least 4 members (excludes halogenated alkanes) is 2. The first kappa shape index (κ1) is 28.7. The number of hydrogen-bond acceptors (Lipinski definition) is 8. The van der Waals surface area contributed by atoms with E-state index in [4.69, 9.17) is 28.4 Å². The fourth-order valence-electron chi connectivity index (χ4n) is 5.03. The van der Waals surface area contributed by atoms with Crippen LogP contribution in [0, 0.1) is 0 Å². The molecule has 0 saturated carbocycles. The van der Waals surface area contributed by atoms with Gasteiger partial charge in [-0.1, -0.05) is 26.7 Å². The Morgan fingerprint density at radius 1 is 0.675 bits per heavy atom. The van der Waals surface area contributed by atoms with E-state index in [0.717, 1.165) is 86.4 Å². The Kier molecular flexibility index (Phi) is 9.81. The lowest BCUT2D eigenvalue weighted by Crippen LogP contribution is -2.57. The van der Waals surface area contributed by atoms with Crippen LogP contribution in [0.4, 0.5) is 11.4 Å². The Morgan fingerprint density at radius 2 is 1.10 bits per heavy atom. The van der Waals surface area contributed by atoms with Gasteiger partial charge >= 0.3 is 0 Å². The molecule has 0 spiro atoms. The van der Waals surface area contributed by atoms with Gasteiger partial charge in [-0.15, -0.1) is 0 Å². The van der Waals surface area contributed by atoms with E-state index in [1.807, 2.05) is 12.1 Å². The topological polar surface area (TPSA) is 68.5 Å².